The Bertz CT molecular complexity index is 629. The number of aryl methyl sites for hydroxylation is 1. The van der Waals surface area contributed by atoms with Gasteiger partial charge in [0.1, 0.15) is 11.5 Å². The van der Waals surface area contributed by atoms with Crippen LogP contribution in [0.3, 0.4) is 0 Å². The second-order valence-corrected chi connectivity index (χ2v) is 4.58. The van der Waals surface area contributed by atoms with Gasteiger partial charge in [-0.05, 0) is 25.0 Å². The SMILES string of the molecule is Cc1cccc(CCNc2cc(F)ccc2[N+](=O)[O-])c1. The lowest BCUT2D eigenvalue weighted by molar-refractivity contribution is -0.384. The number of halogens is 1. The zero-order chi connectivity index (χ0) is 14.5. The first-order chi connectivity index (χ1) is 9.56. The molecule has 4 nitrogen and oxygen atoms in total. The van der Waals surface area contributed by atoms with Crippen molar-refractivity contribution >= 4 is 11.4 Å². The van der Waals surface area contributed by atoms with Crippen molar-refractivity contribution in [3.8, 4) is 0 Å². The maximum absolute atomic E-state index is 13.2. The predicted octanol–water partition coefficient (Wildman–Crippen LogP) is 3.70. The molecule has 0 aliphatic carbocycles. The topological polar surface area (TPSA) is 55.2 Å². The quantitative estimate of drug-likeness (QED) is 0.668. The van der Waals surface area contributed by atoms with Crippen LogP contribution in [0.5, 0.6) is 0 Å². The van der Waals surface area contributed by atoms with E-state index in [9.17, 15) is 14.5 Å². The number of hydrogen-bond donors (Lipinski definition) is 1. The van der Waals surface area contributed by atoms with E-state index in [0.717, 1.165) is 24.1 Å². The van der Waals surface area contributed by atoms with E-state index in [0.29, 0.717) is 6.54 Å². The van der Waals surface area contributed by atoms with Crippen molar-refractivity contribution in [2.24, 2.45) is 0 Å². The Balaban J connectivity index is 2.04. The molecule has 5 heteroatoms. The van der Waals surface area contributed by atoms with Gasteiger partial charge >= 0.3 is 0 Å². The highest BCUT2D eigenvalue weighted by Crippen LogP contribution is 2.24. The van der Waals surface area contributed by atoms with E-state index >= 15 is 0 Å². The van der Waals surface area contributed by atoms with Gasteiger partial charge in [-0.1, -0.05) is 29.8 Å². The molecule has 0 unspecified atom stereocenters. The molecular weight excluding hydrogens is 259 g/mol. The first-order valence-corrected chi connectivity index (χ1v) is 6.29. The highest BCUT2D eigenvalue weighted by molar-refractivity contribution is 5.61. The van der Waals surface area contributed by atoms with Crippen molar-refractivity contribution in [3.63, 3.8) is 0 Å². The minimum Gasteiger partial charge on any atom is -0.379 e. The van der Waals surface area contributed by atoms with Gasteiger partial charge in [0.15, 0.2) is 0 Å². The number of nitro groups is 1. The zero-order valence-corrected chi connectivity index (χ0v) is 11.1. The predicted molar refractivity (Wildman–Crippen MR) is 76.4 cm³/mol. The van der Waals surface area contributed by atoms with Crippen LogP contribution in [-0.2, 0) is 6.42 Å². The van der Waals surface area contributed by atoms with Crippen LogP contribution in [0.15, 0.2) is 42.5 Å². The van der Waals surface area contributed by atoms with E-state index in [4.69, 9.17) is 0 Å². The minimum atomic E-state index is -0.519. The maximum atomic E-state index is 13.2. The normalized spacial score (nSPS) is 10.3. The van der Waals surface area contributed by atoms with E-state index in [1.165, 1.54) is 11.6 Å². The van der Waals surface area contributed by atoms with Gasteiger partial charge in [-0.15, -0.1) is 0 Å². The van der Waals surface area contributed by atoms with Crippen LogP contribution in [-0.4, -0.2) is 11.5 Å². The summed E-state index contributed by atoms with van der Waals surface area (Å²) in [4.78, 5) is 10.3. The van der Waals surface area contributed by atoms with Crippen LogP contribution in [0, 0.1) is 22.9 Å². The van der Waals surface area contributed by atoms with Gasteiger partial charge in [0.05, 0.1) is 4.92 Å². The summed E-state index contributed by atoms with van der Waals surface area (Å²) in [6, 6.07) is 11.4. The third-order valence-corrected chi connectivity index (χ3v) is 2.97. The zero-order valence-electron chi connectivity index (χ0n) is 11.1. The molecule has 2 aromatic rings. The van der Waals surface area contributed by atoms with E-state index in [1.54, 1.807) is 0 Å². The van der Waals surface area contributed by atoms with Crippen molar-refractivity contribution in [1.82, 2.24) is 0 Å². The van der Waals surface area contributed by atoms with Crippen molar-refractivity contribution in [1.29, 1.82) is 0 Å². The first-order valence-electron chi connectivity index (χ1n) is 6.29. The molecule has 104 valence electrons. The van der Waals surface area contributed by atoms with Gasteiger partial charge in [-0.3, -0.25) is 10.1 Å². The average molecular weight is 274 g/mol. The standard InChI is InChI=1S/C15H15FN2O2/c1-11-3-2-4-12(9-11)7-8-17-14-10-13(16)5-6-15(14)18(19)20/h2-6,9-10,17H,7-8H2,1H3. The lowest BCUT2D eigenvalue weighted by Crippen LogP contribution is -2.07. The van der Waals surface area contributed by atoms with Crippen molar-refractivity contribution < 1.29 is 9.31 Å². The fourth-order valence-electron chi connectivity index (χ4n) is 2.02. The molecule has 0 aliphatic rings. The van der Waals surface area contributed by atoms with E-state index in [1.807, 2.05) is 25.1 Å². The van der Waals surface area contributed by atoms with Crippen LogP contribution in [0.4, 0.5) is 15.8 Å². The number of benzene rings is 2. The van der Waals surface area contributed by atoms with Gasteiger partial charge in [-0.2, -0.15) is 0 Å². The number of anilines is 1. The number of hydrogen-bond acceptors (Lipinski definition) is 3. The molecule has 0 bridgehead atoms. The summed E-state index contributed by atoms with van der Waals surface area (Å²) >= 11 is 0. The molecule has 0 radical (unpaired) electrons. The van der Waals surface area contributed by atoms with Crippen molar-refractivity contribution in [3.05, 3.63) is 69.5 Å². The van der Waals surface area contributed by atoms with Gasteiger partial charge in [0, 0.05) is 18.7 Å². The molecule has 1 N–H and O–H groups in total. The lowest BCUT2D eigenvalue weighted by Gasteiger charge is -2.07. The second kappa shape index (κ2) is 6.14. The van der Waals surface area contributed by atoms with E-state index in [-0.39, 0.29) is 11.4 Å². The monoisotopic (exact) mass is 274 g/mol. The molecule has 0 aromatic heterocycles. The molecule has 20 heavy (non-hydrogen) atoms. The van der Waals surface area contributed by atoms with Crippen molar-refractivity contribution in [2.45, 2.75) is 13.3 Å². The molecule has 0 amide bonds. The molecule has 2 aromatic carbocycles. The van der Waals surface area contributed by atoms with Crippen LogP contribution < -0.4 is 5.32 Å². The van der Waals surface area contributed by atoms with Gasteiger partial charge in [0.25, 0.3) is 5.69 Å². The first kappa shape index (κ1) is 14.0. The molecule has 2 rings (SSSR count). The summed E-state index contributed by atoms with van der Waals surface area (Å²) in [6.07, 6.45) is 0.718. The maximum Gasteiger partial charge on any atom is 0.292 e. The Hall–Kier alpha value is -2.43. The van der Waals surface area contributed by atoms with Gasteiger partial charge in [0.2, 0.25) is 0 Å². The molecule has 0 heterocycles. The largest absolute Gasteiger partial charge is 0.379 e. The third kappa shape index (κ3) is 3.54. The Morgan fingerprint density at radius 3 is 2.75 bits per heavy atom. The van der Waals surface area contributed by atoms with Crippen LogP contribution in [0.25, 0.3) is 0 Å². The smallest absolute Gasteiger partial charge is 0.292 e. The second-order valence-electron chi connectivity index (χ2n) is 4.58. The highest BCUT2D eigenvalue weighted by Gasteiger charge is 2.13. The Labute approximate surface area is 116 Å². The molecule has 0 spiro atoms. The number of nitrogens with zero attached hydrogens (tertiary/aromatic N) is 1. The van der Waals surface area contributed by atoms with E-state index in [2.05, 4.69) is 11.4 Å². The molecular formula is C15H15FN2O2. The van der Waals surface area contributed by atoms with Gasteiger partial charge in [-0.25, -0.2) is 4.39 Å². The molecule has 0 atom stereocenters. The minimum absolute atomic E-state index is 0.115. The number of nitrogens with one attached hydrogen (secondary N) is 1. The summed E-state index contributed by atoms with van der Waals surface area (Å²) in [5, 5.41) is 13.8. The molecule has 0 aliphatic heterocycles. The van der Waals surface area contributed by atoms with Crippen LogP contribution >= 0.6 is 0 Å². The lowest BCUT2D eigenvalue weighted by atomic mass is 10.1. The summed E-state index contributed by atoms with van der Waals surface area (Å²) in [7, 11) is 0. The van der Waals surface area contributed by atoms with E-state index < -0.39 is 10.7 Å². The Morgan fingerprint density at radius 2 is 2.05 bits per heavy atom. The fourth-order valence-corrected chi connectivity index (χ4v) is 2.02. The summed E-state index contributed by atoms with van der Waals surface area (Å²) in [5.41, 5.74) is 2.40. The fraction of sp³-hybridized carbons (Fsp3) is 0.200. The molecule has 0 saturated carbocycles. The Kier molecular flexibility index (Phi) is 4.30. The van der Waals surface area contributed by atoms with Crippen LogP contribution in [0.1, 0.15) is 11.1 Å². The number of rotatable bonds is 5. The average Bonchev–Trinajstić information content (AvgIpc) is 2.38. The molecule has 0 saturated heterocycles. The highest BCUT2D eigenvalue weighted by atomic mass is 19.1. The molecule has 0 fully saturated rings. The van der Waals surface area contributed by atoms with Gasteiger partial charge < -0.3 is 5.32 Å². The Morgan fingerprint density at radius 1 is 1.25 bits per heavy atom. The summed E-state index contributed by atoms with van der Waals surface area (Å²) < 4.78 is 13.2. The third-order valence-electron chi connectivity index (χ3n) is 2.97. The van der Waals surface area contributed by atoms with Crippen LogP contribution in [0.2, 0.25) is 0 Å². The van der Waals surface area contributed by atoms with Crippen molar-refractivity contribution in [2.75, 3.05) is 11.9 Å². The number of nitro benzene ring substituents is 1. The summed E-state index contributed by atoms with van der Waals surface area (Å²) in [5.74, 6) is -0.492. The summed E-state index contributed by atoms with van der Waals surface area (Å²) in [6.45, 7) is 2.52.